The first-order chi connectivity index (χ1) is 8.24. The highest BCUT2D eigenvalue weighted by molar-refractivity contribution is 5.80. The SMILES string of the molecule is CN1CC[C@@H]2CN(Cc3ccn[nH]3)C[C@@H]2C1=O. The van der Waals surface area contributed by atoms with Crippen LogP contribution in [-0.4, -0.2) is 52.6 Å². The predicted molar refractivity (Wildman–Crippen MR) is 63.1 cm³/mol. The number of hydrogen-bond donors (Lipinski definition) is 1. The minimum absolute atomic E-state index is 0.219. The number of likely N-dealkylation sites (tertiary alicyclic amines) is 2. The number of piperidine rings is 1. The number of fused-ring (bicyclic) bond motifs is 1. The zero-order valence-electron chi connectivity index (χ0n) is 10.1. The number of amides is 1. The van der Waals surface area contributed by atoms with Crippen molar-refractivity contribution in [2.45, 2.75) is 13.0 Å². The first-order valence-corrected chi connectivity index (χ1v) is 6.19. The molecular formula is C12H18N4O. The minimum atomic E-state index is 0.219. The maximum Gasteiger partial charge on any atom is 0.227 e. The summed E-state index contributed by atoms with van der Waals surface area (Å²) in [5.41, 5.74) is 1.13. The number of nitrogens with zero attached hydrogens (tertiary/aromatic N) is 3. The van der Waals surface area contributed by atoms with E-state index in [-0.39, 0.29) is 5.92 Å². The smallest absolute Gasteiger partial charge is 0.227 e. The molecule has 5 nitrogen and oxygen atoms in total. The van der Waals surface area contributed by atoms with Crippen LogP contribution in [0.5, 0.6) is 0 Å². The summed E-state index contributed by atoms with van der Waals surface area (Å²) >= 11 is 0. The molecule has 1 amide bonds. The lowest BCUT2D eigenvalue weighted by Gasteiger charge is -2.30. The van der Waals surface area contributed by atoms with Crippen molar-refractivity contribution in [2.24, 2.45) is 11.8 Å². The second kappa shape index (κ2) is 4.14. The number of carbonyl (C=O) groups excluding carboxylic acids is 1. The Kier molecular flexibility index (Phi) is 2.63. The third-order valence-corrected chi connectivity index (χ3v) is 4.00. The Morgan fingerprint density at radius 3 is 3.18 bits per heavy atom. The third kappa shape index (κ3) is 1.95. The summed E-state index contributed by atoms with van der Waals surface area (Å²) in [6.45, 7) is 3.73. The van der Waals surface area contributed by atoms with Crippen LogP contribution < -0.4 is 0 Å². The van der Waals surface area contributed by atoms with Crippen LogP contribution >= 0.6 is 0 Å². The van der Waals surface area contributed by atoms with Gasteiger partial charge in [-0.1, -0.05) is 0 Å². The highest BCUT2D eigenvalue weighted by Gasteiger charge is 2.41. The average molecular weight is 234 g/mol. The molecular weight excluding hydrogens is 216 g/mol. The molecule has 3 heterocycles. The van der Waals surface area contributed by atoms with Gasteiger partial charge in [-0.2, -0.15) is 5.10 Å². The van der Waals surface area contributed by atoms with Crippen molar-refractivity contribution >= 4 is 5.91 Å². The lowest BCUT2D eigenvalue weighted by atomic mass is 9.88. The molecule has 5 heteroatoms. The van der Waals surface area contributed by atoms with E-state index in [0.717, 1.165) is 38.3 Å². The van der Waals surface area contributed by atoms with Gasteiger partial charge in [0.2, 0.25) is 5.91 Å². The molecule has 1 aromatic heterocycles. The molecule has 2 aliphatic rings. The summed E-state index contributed by atoms with van der Waals surface area (Å²) in [4.78, 5) is 16.3. The van der Waals surface area contributed by atoms with Crippen LogP contribution in [0.25, 0.3) is 0 Å². The number of carbonyl (C=O) groups is 1. The lowest BCUT2D eigenvalue weighted by Crippen LogP contribution is -2.42. The number of hydrogen-bond acceptors (Lipinski definition) is 3. The molecule has 2 atom stereocenters. The Bertz CT molecular complexity index is 403. The van der Waals surface area contributed by atoms with Crippen molar-refractivity contribution in [1.29, 1.82) is 0 Å². The van der Waals surface area contributed by atoms with Gasteiger partial charge in [-0.3, -0.25) is 14.8 Å². The maximum atomic E-state index is 12.0. The van der Waals surface area contributed by atoms with Gasteiger partial charge in [0.15, 0.2) is 0 Å². The lowest BCUT2D eigenvalue weighted by molar-refractivity contribution is -0.137. The first-order valence-electron chi connectivity index (χ1n) is 6.19. The zero-order chi connectivity index (χ0) is 11.8. The second-order valence-corrected chi connectivity index (χ2v) is 5.19. The van der Waals surface area contributed by atoms with Crippen molar-refractivity contribution in [1.82, 2.24) is 20.0 Å². The summed E-state index contributed by atoms with van der Waals surface area (Å²) in [5.74, 6) is 1.10. The number of nitrogens with one attached hydrogen (secondary N) is 1. The number of H-pyrrole nitrogens is 1. The normalized spacial score (nSPS) is 29.7. The standard InChI is InChI=1S/C12H18N4O/c1-15-5-3-9-6-16(8-11(9)12(15)17)7-10-2-4-13-14-10/h2,4,9,11H,3,5-8H2,1H3,(H,13,14)/t9-,11+/m1/s1. The third-order valence-electron chi connectivity index (χ3n) is 4.00. The Morgan fingerprint density at radius 2 is 2.41 bits per heavy atom. The van der Waals surface area contributed by atoms with Gasteiger partial charge in [0.05, 0.1) is 5.92 Å². The molecule has 0 bridgehead atoms. The quantitative estimate of drug-likeness (QED) is 0.802. The van der Waals surface area contributed by atoms with Crippen LogP contribution in [-0.2, 0) is 11.3 Å². The Morgan fingerprint density at radius 1 is 1.53 bits per heavy atom. The Balaban J connectivity index is 1.66. The van der Waals surface area contributed by atoms with E-state index in [0.29, 0.717) is 11.8 Å². The number of rotatable bonds is 2. The summed E-state index contributed by atoms with van der Waals surface area (Å²) in [6, 6.07) is 2.00. The van der Waals surface area contributed by atoms with E-state index >= 15 is 0 Å². The summed E-state index contributed by atoms with van der Waals surface area (Å²) in [7, 11) is 1.91. The predicted octanol–water partition coefficient (Wildman–Crippen LogP) is 0.320. The van der Waals surface area contributed by atoms with Crippen molar-refractivity contribution in [3.8, 4) is 0 Å². The molecule has 3 rings (SSSR count). The summed E-state index contributed by atoms with van der Waals surface area (Å²) in [6.07, 6.45) is 2.92. The van der Waals surface area contributed by atoms with E-state index in [4.69, 9.17) is 0 Å². The van der Waals surface area contributed by atoms with E-state index in [1.54, 1.807) is 6.20 Å². The molecule has 0 saturated carbocycles. The Labute approximate surface area is 101 Å². The highest BCUT2D eigenvalue weighted by atomic mass is 16.2. The molecule has 2 fully saturated rings. The van der Waals surface area contributed by atoms with Crippen LogP contribution in [0.3, 0.4) is 0 Å². The fourth-order valence-corrected chi connectivity index (χ4v) is 3.03. The fraction of sp³-hybridized carbons (Fsp3) is 0.667. The van der Waals surface area contributed by atoms with Gasteiger partial charge in [-0.05, 0) is 18.4 Å². The molecule has 0 aromatic carbocycles. The van der Waals surface area contributed by atoms with E-state index < -0.39 is 0 Å². The molecule has 2 aliphatic heterocycles. The molecule has 1 aromatic rings. The van der Waals surface area contributed by atoms with Crippen LogP contribution in [0.15, 0.2) is 12.3 Å². The number of aromatic amines is 1. The maximum absolute atomic E-state index is 12.0. The van der Waals surface area contributed by atoms with Gasteiger partial charge in [0.1, 0.15) is 0 Å². The average Bonchev–Trinajstić information content (AvgIpc) is 2.93. The fourth-order valence-electron chi connectivity index (χ4n) is 3.03. The molecule has 0 unspecified atom stereocenters. The van der Waals surface area contributed by atoms with Crippen LogP contribution in [0.2, 0.25) is 0 Å². The topological polar surface area (TPSA) is 52.2 Å². The highest BCUT2D eigenvalue weighted by Crippen LogP contribution is 2.32. The zero-order valence-corrected chi connectivity index (χ0v) is 10.1. The number of aromatic nitrogens is 2. The van der Waals surface area contributed by atoms with E-state index in [9.17, 15) is 4.79 Å². The molecule has 0 spiro atoms. The molecule has 92 valence electrons. The largest absolute Gasteiger partial charge is 0.345 e. The molecule has 0 aliphatic carbocycles. The van der Waals surface area contributed by atoms with Gasteiger partial charge in [0.25, 0.3) is 0 Å². The Hall–Kier alpha value is -1.36. The monoisotopic (exact) mass is 234 g/mol. The van der Waals surface area contributed by atoms with Gasteiger partial charge < -0.3 is 4.90 Å². The summed E-state index contributed by atoms with van der Waals surface area (Å²) in [5, 5.41) is 6.93. The van der Waals surface area contributed by atoms with Gasteiger partial charge in [0, 0.05) is 45.1 Å². The first kappa shape index (κ1) is 10.8. The molecule has 0 radical (unpaired) electrons. The van der Waals surface area contributed by atoms with E-state index in [1.807, 2.05) is 18.0 Å². The van der Waals surface area contributed by atoms with E-state index in [2.05, 4.69) is 15.1 Å². The molecule has 2 saturated heterocycles. The van der Waals surface area contributed by atoms with Crippen molar-refractivity contribution in [3.05, 3.63) is 18.0 Å². The van der Waals surface area contributed by atoms with Gasteiger partial charge >= 0.3 is 0 Å². The van der Waals surface area contributed by atoms with E-state index in [1.165, 1.54) is 0 Å². The van der Waals surface area contributed by atoms with Crippen molar-refractivity contribution in [3.63, 3.8) is 0 Å². The summed E-state index contributed by atoms with van der Waals surface area (Å²) < 4.78 is 0. The van der Waals surface area contributed by atoms with Gasteiger partial charge in [-0.25, -0.2) is 0 Å². The minimum Gasteiger partial charge on any atom is -0.345 e. The van der Waals surface area contributed by atoms with Crippen LogP contribution in [0.4, 0.5) is 0 Å². The van der Waals surface area contributed by atoms with Crippen LogP contribution in [0.1, 0.15) is 12.1 Å². The van der Waals surface area contributed by atoms with Crippen LogP contribution in [0, 0.1) is 11.8 Å². The van der Waals surface area contributed by atoms with Crippen molar-refractivity contribution in [2.75, 3.05) is 26.7 Å². The molecule has 1 N–H and O–H groups in total. The molecule has 17 heavy (non-hydrogen) atoms. The second-order valence-electron chi connectivity index (χ2n) is 5.19. The van der Waals surface area contributed by atoms with Crippen molar-refractivity contribution < 1.29 is 4.79 Å². The van der Waals surface area contributed by atoms with Gasteiger partial charge in [-0.15, -0.1) is 0 Å².